The fraction of sp³-hybridized carbons (Fsp3) is 0.562. The van der Waals surface area contributed by atoms with Gasteiger partial charge in [0, 0.05) is 17.1 Å². The van der Waals surface area contributed by atoms with Crippen LogP contribution in [0.15, 0.2) is 18.2 Å². The average Bonchev–Trinajstić information content (AvgIpc) is 2.47. The van der Waals surface area contributed by atoms with Gasteiger partial charge >= 0.3 is 0 Å². The Labute approximate surface area is 132 Å². The average molecular weight is 313 g/mol. The number of ether oxygens (including phenoxy) is 1. The van der Waals surface area contributed by atoms with Gasteiger partial charge < -0.3 is 15.8 Å². The summed E-state index contributed by atoms with van der Waals surface area (Å²) in [6, 6.07) is 5.43. The van der Waals surface area contributed by atoms with Gasteiger partial charge in [-0.1, -0.05) is 37.4 Å². The smallest absolute Gasteiger partial charge is 0.260 e. The first-order chi connectivity index (χ1) is 10.1. The van der Waals surface area contributed by atoms with E-state index < -0.39 is 6.10 Å². The Hall–Kier alpha value is -1.26. The maximum atomic E-state index is 12.0. The molecule has 0 aliphatic rings. The lowest BCUT2D eigenvalue weighted by Gasteiger charge is -2.18. The highest BCUT2D eigenvalue weighted by Gasteiger charge is 2.16. The normalized spacial score (nSPS) is 12.0. The molecule has 1 aromatic rings. The molecule has 1 rings (SSSR count). The van der Waals surface area contributed by atoms with E-state index in [1.54, 1.807) is 13.0 Å². The van der Waals surface area contributed by atoms with Gasteiger partial charge in [-0.25, -0.2) is 0 Å². The fourth-order valence-electron chi connectivity index (χ4n) is 2.01. The molecule has 0 aliphatic carbocycles. The third-order valence-corrected chi connectivity index (χ3v) is 3.58. The van der Waals surface area contributed by atoms with Crippen LogP contribution in [0.25, 0.3) is 0 Å². The van der Waals surface area contributed by atoms with Gasteiger partial charge in [-0.2, -0.15) is 0 Å². The number of halogens is 1. The van der Waals surface area contributed by atoms with Gasteiger partial charge in [0.05, 0.1) is 0 Å². The van der Waals surface area contributed by atoms with Gasteiger partial charge in [-0.15, -0.1) is 0 Å². The van der Waals surface area contributed by atoms with Crippen molar-refractivity contribution in [2.75, 3.05) is 13.1 Å². The van der Waals surface area contributed by atoms with Gasteiger partial charge in [0.25, 0.3) is 5.91 Å². The molecule has 1 unspecified atom stereocenters. The number of rotatable bonds is 9. The summed E-state index contributed by atoms with van der Waals surface area (Å²) in [5.74, 6) is 0.522. The van der Waals surface area contributed by atoms with Crippen LogP contribution in [0.1, 0.15) is 38.7 Å². The Morgan fingerprint density at radius 1 is 1.43 bits per heavy atom. The number of hydrogen-bond donors (Lipinski definition) is 2. The first-order valence-corrected chi connectivity index (χ1v) is 7.89. The topological polar surface area (TPSA) is 64.3 Å². The van der Waals surface area contributed by atoms with Gasteiger partial charge in [0.2, 0.25) is 0 Å². The number of unbranched alkanes of at least 4 members (excludes halogenated alkanes) is 2. The van der Waals surface area contributed by atoms with Gasteiger partial charge in [0.1, 0.15) is 5.75 Å². The van der Waals surface area contributed by atoms with Crippen LogP contribution in [0.2, 0.25) is 5.02 Å². The summed E-state index contributed by atoms with van der Waals surface area (Å²) in [6.07, 6.45) is 3.31. The highest BCUT2D eigenvalue weighted by atomic mass is 35.5. The van der Waals surface area contributed by atoms with Gasteiger partial charge in [-0.3, -0.25) is 4.79 Å². The quantitative estimate of drug-likeness (QED) is 0.689. The molecule has 0 heterocycles. The maximum Gasteiger partial charge on any atom is 0.260 e. The first kappa shape index (κ1) is 17.8. The molecule has 1 atom stereocenters. The zero-order valence-electron chi connectivity index (χ0n) is 12.8. The summed E-state index contributed by atoms with van der Waals surface area (Å²) < 4.78 is 5.75. The van der Waals surface area contributed by atoms with E-state index in [9.17, 15) is 4.79 Å². The van der Waals surface area contributed by atoms with Crippen LogP contribution < -0.4 is 15.8 Å². The Morgan fingerprint density at radius 3 is 2.86 bits per heavy atom. The van der Waals surface area contributed by atoms with E-state index in [0.717, 1.165) is 24.8 Å². The zero-order valence-corrected chi connectivity index (χ0v) is 13.6. The van der Waals surface area contributed by atoms with Crippen molar-refractivity contribution in [1.82, 2.24) is 5.32 Å². The summed E-state index contributed by atoms with van der Waals surface area (Å²) in [6.45, 7) is 5.04. The maximum absolute atomic E-state index is 12.0. The third kappa shape index (κ3) is 5.94. The predicted octanol–water partition coefficient (Wildman–Crippen LogP) is 2.91. The van der Waals surface area contributed by atoms with Crippen LogP contribution in [0.4, 0.5) is 0 Å². The second kappa shape index (κ2) is 9.64. The van der Waals surface area contributed by atoms with Crippen LogP contribution in [-0.4, -0.2) is 25.1 Å². The predicted molar refractivity (Wildman–Crippen MR) is 86.8 cm³/mol. The molecule has 21 heavy (non-hydrogen) atoms. The van der Waals surface area contributed by atoms with Crippen LogP contribution in [0.5, 0.6) is 5.75 Å². The molecule has 0 aromatic heterocycles. The standard InChI is InChI=1S/C16H25ClN2O2/c1-3-4-5-11-19-16(20)12(2)21-15-8-6-7-14(17)13(15)9-10-18/h6-8,12H,3-5,9-11,18H2,1-2H3,(H,19,20). The molecule has 0 spiro atoms. The lowest BCUT2D eigenvalue weighted by Crippen LogP contribution is -2.37. The van der Waals surface area contributed by atoms with Crippen LogP contribution >= 0.6 is 11.6 Å². The molecule has 4 nitrogen and oxygen atoms in total. The zero-order chi connectivity index (χ0) is 15.7. The molecule has 1 amide bonds. The van der Waals surface area contributed by atoms with Crippen molar-refractivity contribution in [3.05, 3.63) is 28.8 Å². The summed E-state index contributed by atoms with van der Waals surface area (Å²) in [5.41, 5.74) is 6.44. The second-order valence-corrected chi connectivity index (χ2v) is 5.42. The highest BCUT2D eigenvalue weighted by Crippen LogP contribution is 2.27. The van der Waals surface area contributed by atoms with Gasteiger partial charge in [-0.05, 0) is 38.4 Å². The number of nitrogens with two attached hydrogens (primary N) is 1. The van der Waals surface area contributed by atoms with E-state index in [4.69, 9.17) is 22.1 Å². The number of benzene rings is 1. The van der Waals surface area contributed by atoms with Crippen LogP contribution in [-0.2, 0) is 11.2 Å². The van der Waals surface area contributed by atoms with E-state index in [-0.39, 0.29) is 5.91 Å². The minimum atomic E-state index is -0.554. The monoisotopic (exact) mass is 312 g/mol. The number of carbonyl (C=O) groups is 1. The molecule has 0 radical (unpaired) electrons. The highest BCUT2D eigenvalue weighted by molar-refractivity contribution is 6.31. The van der Waals surface area contributed by atoms with E-state index in [1.165, 1.54) is 0 Å². The van der Waals surface area contributed by atoms with E-state index in [1.807, 2.05) is 12.1 Å². The Kier molecular flexibility index (Phi) is 8.16. The number of amides is 1. The first-order valence-electron chi connectivity index (χ1n) is 7.52. The van der Waals surface area contributed by atoms with Gasteiger partial charge in [0.15, 0.2) is 6.10 Å². The Morgan fingerprint density at radius 2 is 2.19 bits per heavy atom. The Bertz CT molecular complexity index is 452. The molecule has 0 fully saturated rings. The number of hydrogen-bond acceptors (Lipinski definition) is 3. The van der Waals surface area contributed by atoms with E-state index in [2.05, 4.69) is 12.2 Å². The van der Waals surface area contributed by atoms with Crippen molar-refractivity contribution >= 4 is 17.5 Å². The SMILES string of the molecule is CCCCCNC(=O)C(C)Oc1cccc(Cl)c1CCN. The minimum absolute atomic E-state index is 0.107. The summed E-state index contributed by atoms with van der Waals surface area (Å²) >= 11 is 6.15. The van der Waals surface area contributed by atoms with Crippen LogP contribution in [0, 0.1) is 0 Å². The second-order valence-electron chi connectivity index (χ2n) is 5.01. The Balaban J connectivity index is 2.59. The fourth-order valence-corrected chi connectivity index (χ4v) is 2.27. The summed E-state index contributed by atoms with van der Waals surface area (Å²) in [5, 5.41) is 3.50. The van der Waals surface area contributed by atoms with Crippen molar-refractivity contribution in [2.45, 2.75) is 45.6 Å². The van der Waals surface area contributed by atoms with Crippen molar-refractivity contribution < 1.29 is 9.53 Å². The molecule has 0 bridgehead atoms. The van der Waals surface area contributed by atoms with Crippen molar-refractivity contribution in [3.8, 4) is 5.75 Å². The molecule has 5 heteroatoms. The summed E-state index contributed by atoms with van der Waals surface area (Å²) in [7, 11) is 0. The molecular formula is C16H25ClN2O2. The molecule has 0 saturated heterocycles. The molecule has 0 saturated carbocycles. The summed E-state index contributed by atoms with van der Waals surface area (Å²) in [4.78, 5) is 12.0. The number of carbonyl (C=O) groups excluding carboxylic acids is 1. The van der Waals surface area contributed by atoms with Crippen molar-refractivity contribution in [2.24, 2.45) is 5.73 Å². The minimum Gasteiger partial charge on any atom is -0.481 e. The molecular weight excluding hydrogens is 288 g/mol. The number of nitrogens with one attached hydrogen (secondary N) is 1. The largest absolute Gasteiger partial charge is 0.481 e. The van der Waals surface area contributed by atoms with E-state index in [0.29, 0.717) is 30.3 Å². The van der Waals surface area contributed by atoms with Crippen LogP contribution in [0.3, 0.4) is 0 Å². The third-order valence-electron chi connectivity index (χ3n) is 3.22. The lowest BCUT2D eigenvalue weighted by molar-refractivity contribution is -0.127. The molecule has 1 aromatic carbocycles. The van der Waals surface area contributed by atoms with Crippen molar-refractivity contribution in [1.29, 1.82) is 0 Å². The molecule has 0 aliphatic heterocycles. The lowest BCUT2D eigenvalue weighted by atomic mass is 10.1. The molecule has 118 valence electrons. The molecule has 3 N–H and O–H groups in total. The van der Waals surface area contributed by atoms with Crippen molar-refractivity contribution in [3.63, 3.8) is 0 Å². The van der Waals surface area contributed by atoms with E-state index >= 15 is 0 Å².